The lowest BCUT2D eigenvalue weighted by Crippen LogP contribution is -2.48. The van der Waals surface area contributed by atoms with Crippen LogP contribution in [0.5, 0.6) is 0 Å². The molecule has 1 aliphatic heterocycles. The number of carboxylic acid groups (broad SMARTS) is 1. The maximum Gasteiger partial charge on any atom is 0.328 e. The third-order valence-electron chi connectivity index (χ3n) is 6.13. The Morgan fingerprint density at radius 3 is 2.69 bits per heavy atom. The Labute approximate surface area is 186 Å². The monoisotopic (exact) mass is 438 g/mol. The van der Waals surface area contributed by atoms with Crippen LogP contribution in [-0.2, 0) is 11.2 Å². The van der Waals surface area contributed by atoms with Gasteiger partial charge in [0.25, 0.3) is 0 Å². The standard InChI is InChI=1S/C26H28F2N2O2/c1-15-11-17(9-10-22(31)32)13-20(27)23(15)25-24-19(18-7-5-6-8-21(18)29-24)12-16(2)30(25)14-26(3,4)28/h5-11,13,16,25,29H,12,14H2,1-4H3,(H,31,32)/b10-9+/t16-,25-/m1/s1. The fourth-order valence-electron chi connectivity index (χ4n) is 4.89. The Kier molecular flexibility index (Phi) is 5.67. The van der Waals surface area contributed by atoms with Crippen molar-refractivity contribution in [3.8, 4) is 0 Å². The molecular weight excluding hydrogens is 410 g/mol. The van der Waals surface area contributed by atoms with Gasteiger partial charge in [-0.1, -0.05) is 24.3 Å². The Balaban J connectivity index is 1.92. The SMILES string of the molecule is Cc1cc(/C=C/C(=O)O)cc(F)c1[C@@H]1c2[nH]c3ccccc3c2C[C@@H](C)N1CC(C)(C)F. The van der Waals surface area contributed by atoms with Gasteiger partial charge in [-0.15, -0.1) is 0 Å². The van der Waals surface area contributed by atoms with Gasteiger partial charge in [0, 0.05) is 40.8 Å². The second kappa shape index (κ2) is 8.17. The fourth-order valence-corrected chi connectivity index (χ4v) is 4.89. The number of benzene rings is 2. The average molecular weight is 439 g/mol. The van der Waals surface area contributed by atoms with Crippen molar-refractivity contribution in [3.63, 3.8) is 0 Å². The summed E-state index contributed by atoms with van der Waals surface area (Å²) < 4.78 is 30.4. The number of aryl methyl sites for hydroxylation is 1. The van der Waals surface area contributed by atoms with Crippen molar-refractivity contribution in [2.24, 2.45) is 0 Å². The Morgan fingerprint density at radius 2 is 2.03 bits per heavy atom. The van der Waals surface area contributed by atoms with E-state index in [2.05, 4.69) is 18.0 Å². The largest absolute Gasteiger partial charge is 0.478 e. The van der Waals surface area contributed by atoms with Gasteiger partial charge in [0.1, 0.15) is 11.5 Å². The molecule has 32 heavy (non-hydrogen) atoms. The number of carbonyl (C=O) groups is 1. The third kappa shape index (κ3) is 4.19. The van der Waals surface area contributed by atoms with Crippen LogP contribution in [0.15, 0.2) is 42.5 Å². The number of aromatic amines is 1. The minimum Gasteiger partial charge on any atom is -0.478 e. The summed E-state index contributed by atoms with van der Waals surface area (Å²) in [4.78, 5) is 16.4. The number of hydrogen-bond donors (Lipinski definition) is 2. The Bertz CT molecular complexity index is 1180. The summed E-state index contributed by atoms with van der Waals surface area (Å²) in [7, 11) is 0. The van der Waals surface area contributed by atoms with E-state index in [-0.39, 0.29) is 12.6 Å². The number of aromatic nitrogens is 1. The van der Waals surface area contributed by atoms with Gasteiger partial charge in [-0.3, -0.25) is 4.90 Å². The van der Waals surface area contributed by atoms with Crippen LogP contribution in [0.2, 0.25) is 0 Å². The van der Waals surface area contributed by atoms with Crippen molar-refractivity contribution in [1.29, 1.82) is 0 Å². The summed E-state index contributed by atoms with van der Waals surface area (Å²) in [5.74, 6) is -1.52. The van der Waals surface area contributed by atoms with Crippen molar-refractivity contribution < 1.29 is 18.7 Å². The van der Waals surface area contributed by atoms with Crippen LogP contribution in [0.25, 0.3) is 17.0 Å². The molecule has 2 heterocycles. The minimum atomic E-state index is -1.45. The zero-order chi connectivity index (χ0) is 23.2. The molecule has 0 saturated carbocycles. The second-order valence-corrected chi connectivity index (χ2v) is 9.31. The van der Waals surface area contributed by atoms with E-state index in [1.807, 2.05) is 30.0 Å². The summed E-state index contributed by atoms with van der Waals surface area (Å²) in [6, 6.07) is 10.7. The highest BCUT2D eigenvalue weighted by molar-refractivity contribution is 5.86. The molecule has 2 aromatic carbocycles. The zero-order valence-electron chi connectivity index (χ0n) is 18.7. The Morgan fingerprint density at radius 1 is 1.31 bits per heavy atom. The molecule has 0 radical (unpaired) electrons. The van der Waals surface area contributed by atoms with Crippen molar-refractivity contribution in [2.75, 3.05) is 6.54 Å². The molecule has 0 amide bonds. The Hall–Kier alpha value is -2.99. The average Bonchev–Trinajstić information content (AvgIpc) is 3.05. The zero-order valence-corrected chi connectivity index (χ0v) is 18.7. The number of rotatable bonds is 5. The molecule has 0 fully saturated rings. The molecular formula is C26H28F2N2O2. The van der Waals surface area contributed by atoms with Crippen LogP contribution < -0.4 is 0 Å². The third-order valence-corrected chi connectivity index (χ3v) is 6.13. The van der Waals surface area contributed by atoms with Crippen molar-refractivity contribution in [2.45, 2.75) is 51.9 Å². The number of H-pyrrole nitrogens is 1. The van der Waals surface area contributed by atoms with Gasteiger partial charge >= 0.3 is 5.97 Å². The smallest absolute Gasteiger partial charge is 0.328 e. The normalized spacial score (nSPS) is 19.6. The number of carboxylic acids is 1. The molecule has 168 valence electrons. The first kappa shape index (κ1) is 22.2. The van der Waals surface area contributed by atoms with E-state index in [1.54, 1.807) is 19.9 Å². The summed E-state index contributed by atoms with van der Waals surface area (Å²) in [6.07, 6.45) is 3.11. The lowest BCUT2D eigenvalue weighted by molar-refractivity contribution is -0.131. The summed E-state index contributed by atoms with van der Waals surface area (Å²) in [5.41, 5.74) is 3.22. The molecule has 1 aliphatic rings. The molecule has 0 saturated heterocycles. The van der Waals surface area contributed by atoms with Crippen LogP contribution in [0, 0.1) is 12.7 Å². The van der Waals surface area contributed by atoms with E-state index < -0.39 is 23.5 Å². The number of aliphatic carboxylic acids is 1. The van der Waals surface area contributed by atoms with Crippen LogP contribution >= 0.6 is 0 Å². The molecule has 0 aliphatic carbocycles. The molecule has 6 heteroatoms. The molecule has 3 aromatic rings. The highest BCUT2D eigenvalue weighted by atomic mass is 19.1. The van der Waals surface area contributed by atoms with Crippen molar-refractivity contribution in [1.82, 2.24) is 9.88 Å². The molecule has 0 unspecified atom stereocenters. The van der Waals surface area contributed by atoms with Crippen molar-refractivity contribution in [3.05, 3.63) is 76.2 Å². The first-order chi connectivity index (χ1) is 15.0. The van der Waals surface area contributed by atoms with Crippen molar-refractivity contribution >= 4 is 22.9 Å². The van der Waals surface area contributed by atoms with Gasteiger partial charge in [-0.2, -0.15) is 0 Å². The van der Waals surface area contributed by atoms with Gasteiger partial charge in [0.15, 0.2) is 0 Å². The van der Waals surface area contributed by atoms with E-state index in [0.717, 1.165) is 34.7 Å². The van der Waals surface area contributed by atoms with E-state index in [1.165, 1.54) is 12.1 Å². The van der Waals surface area contributed by atoms with Crippen LogP contribution in [0.4, 0.5) is 8.78 Å². The summed E-state index contributed by atoms with van der Waals surface area (Å²) in [5, 5.41) is 10.0. The molecule has 1 aromatic heterocycles. The lowest BCUT2D eigenvalue weighted by atomic mass is 9.85. The van der Waals surface area contributed by atoms with E-state index >= 15 is 4.39 Å². The van der Waals surface area contributed by atoms with Gasteiger partial charge < -0.3 is 10.1 Å². The molecule has 4 rings (SSSR count). The fraction of sp³-hybridized carbons (Fsp3) is 0.346. The topological polar surface area (TPSA) is 56.3 Å². The maximum atomic E-state index is 15.6. The highest BCUT2D eigenvalue weighted by Crippen LogP contribution is 2.43. The molecule has 2 N–H and O–H groups in total. The van der Waals surface area contributed by atoms with E-state index in [0.29, 0.717) is 16.7 Å². The van der Waals surface area contributed by atoms with Gasteiger partial charge in [-0.05, 0) is 69.0 Å². The number of nitrogens with zero attached hydrogens (tertiary/aromatic N) is 1. The summed E-state index contributed by atoms with van der Waals surface area (Å²) >= 11 is 0. The predicted octanol–water partition coefficient (Wildman–Crippen LogP) is 5.80. The van der Waals surface area contributed by atoms with E-state index in [4.69, 9.17) is 5.11 Å². The lowest BCUT2D eigenvalue weighted by Gasteiger charge is -2.43. The number of para-hydroxylation sites is 1. The second-order valence-electron chi connectivity index (χ2n) is 9.31. The first-order valence-electron chi connectivity index (χ1n) is 10.8. The van der Waals surface area contributed by atoms with Crippen LogP contribution in [0.3, 0.4) is 0 Å². The number of fused-ring (bicyclic) bond motifs is 3. The molecule has 4 nitrogen and oxygen atoms in total. The van der Waals surface area contributed by atoms with Gasteiger partial charge in [0.05, 0.1) is 6.04 Å². The van der Waals surface area contributed by atoms with Gasteiger partial charge in [-0.25, -0.2) is 13.6 Å². The number of hydrogen-bond acceptors (Lipinski definition) is 2. The van der Waals surface area contributed by atoms with Crippen LogP contribution in [0.1, 0.15) is 54.8 Å². The number of halogens is 2. The molecule has 0 bridgehead atoms. The number of alkyl halides is 1. The quantitative estimate of drug-likeness (QED) is 0.495. The first-order valence-corrected chi connectivity index (χ1v) is 10.8. The van der Waals surface area contributed by atoms with Crippen LogP contribution in [-0.4, -0.2) is 39.2 Å². The summed E-state index contributed by atoms with van der Waals surface area (Å²) in [6.45, 7) is 7.12. The molecule has 0 spiro atoms. The van der Waals surface area contributed by atoms with Gasteiger partial charge in [0.2, 0.25) is 0 Å². The maximum absolute atomic E-state index is 15.6. The van der Waals surface area contributed by atoms with E-state index in [9.17, 15) is 9.18 Å². The molecule has 2 atom stereocenters. The minimum absolute atomic E-state index is 0.00659. The highest BCUT2D eigenvalue weighted by Gasteiger charge is 2.40. The predicted molar refractivity (Wildman–Crippen MR) is 123 cm³/mol. The number of nitrogens with one attached hydrogen (secondary N) is 1.